The molecule has 1 aromatic rings. The Balaban J connectivity index is 2.75. The first-order valence-corrected chi connectivity index (χ1v) is 8.48. The monoisotopic (exact) mass is 314 g/mol. The summed E-state index contributed by atoms with van der Waals surface area (Å²) in [5.41, 5.74) is 0.944. The summed E-state index contributed by atoms with van der Waals surface area (Å²) in [6, 6.07) is 6.27. The van der Waals surface area contributed by atoms with Gasteiger partial charge in [0.2, 0.25) is 0 Å². The van der Waals surface area contributed by atoms with Gasteiger partial charge in [-0.2, -0.15) is 8.42 Å². The number of aryl methyl sites for hydroxylation is 1. The molecule has 0 aliphatic rings. The third-order valence-corrected chi connectivity index (χ3v) is 4.26. The van der Waals surface area contributed by atoms with Crippen molar-refractivity contribution >= 4 is 16.1 Å². The van der Waals surface area contributed by atoms with Gasteiger partial charge in [0.1, 0.15) is 0 Å². The Hall–Kier alpha value is -1.40. The van der Waals surface area contributed by atoms with E-state index in [-0.39, 0.29) is 17.9 Å². The summed E-state index contributed by atoms with van der Waals surface area (Å²) >= 11 is 0. The minimum absolute atomic E-state index is 0.0351. The van der Waals surface area contributed by atoms with Crippen molar-refractivity contribution in [2.45, 2.75) is 51.0 Å². The smallest absolute Gasteiger partial charge is 0.336 e. The highest BCUT2D eigenvalue weighted by Crippen LogP contribution is 2.17. The van der Waals surface area contributed by atoms with Crippen LogP contribution in [0.4, 0.5) is 0 Å². The van der Waals surface area contributed by atoms with Crippen LogP contribution in [0, 0.1) is 6.92 Å². The molecule has 5 nitrogen and oxygen atoms in total. The molecule has 0 amide bonds. The van der Waals surface area contributed by atoms with Gasteiger partial charge >= 0.3 is 5.97 Å². The maximum atomic E-state index is 12.1. The van der Waals surface area contributed by atoms with Crippen LogP contribution in [0.25, 0.3) is 0 Å². The number of ether oxygens (including phenoxy) is 1. The van der Waals surface area contributed by atoms with Crippen LogP contribution in [0.3, 0.4) is 0 Å². The zero-order valence-corrected chi connectivity index (χ0v) is 13.5. The maximum absolute atomic E-state index is 12.1. The minimum atomic E-state index is -3.96. The van der Waals surface area contributed by atoms with Crippen molar-refractivity contribution in [1.82, 2.24) is 0 Å². The lowest BCUT2D eigenvalue weighted by molar-refractivity contribution is -0.152. The van der Waals surface area contributed by atoms with Crippen molar-refractivity contribution < 1.29 is 22.1 Å². The van der Waals surface area contributed by atoms with Crippen LogP contribution in [0.1, 0.15) is 38.7 Å². The molecule has 0 saturated heterocycles. The summed E-state index contributed by atoms with van der Waals surface area (Å²) < 4.78 is 34.2. The van der Waals surface area contributed by atoms with Gasteiger partial charge in [-0.25, -0.2) is 4.79 Å². The quantitative estimate of drug-likeness (QED) is 0.419. The second-order valence-corrected chi connectivity index (χ2v) is 6.35. The zero-order valence-electron chi connectivity index (χ0n) is 12.7. The largest absolute Gasteiger partial charge is 0.464 e. The average molecular weight is 314 g/mol. The van der Waals surface area contributed by atoms with Crippen molar-refractivity contribution in [3.05, 3.63) is 29.8 Å². The number of esters is 1. The third kappa shape index (κ3) is 5.47. The molecule has 6 heteroatoms. The van der Waals surface area contributed by atoms with Crippen molar-refractivity contribution in [3.63, 3.8) is 0 Å². The standard InChI is InChI=1S/C15H22O5S/c1-4-6-11-19-15(16)14(5-2)20-21(17,18)13-9-7-12(3)8-10-13/h7-10,14H,4-6,11H2,1-3H3. The molecule has 1 atom stereocenters. The SMILES string of the molecule is CCCCOC(=O)C(CC)OS(=O)(=O)c1ccc(C)cc1. The molecule has 1 unspecified atom stereocenters. The molecule has 0 aromatic heterocycles. The van der Waals surface area contributed by atoms with Crippen LogP contribution < -0.4 is 0 Å². The van der Waals surface area contributed by atoms with Crippen LogP contribution in [0.5, 0.6) is 0 Å². The van der Waals surface area contributed by atoms with Gasteiger partial charge in [-0.05, 0) is 31.9 Å². The van der Waals surface area contributed by atoms with E-state index in [1.165, 1.54) is 12.1 Å². The lowest BCUT2D eigenvalue weighted by atomic mass is 10.2. The highest BCUT2D eigenvalue weighted by atomic mass is 32.2. The fourth-order valence-corrected chi connectivity index (χ4v) is 2.70. The van der Waals surface area contributed by atoms with E-state index >= 15 is 0 Å². The molecule has 1 rings (SSSR count). The predicted molar refractivity (Wildman–Crippen MR) is 79.4 cm³/mol. The molecule has 0 spiro atoms. The van der Waals surface area contributed by atoms with Gasteiger partial charge in [0.05, 0.1) is 11.5 Å². The summed E-state index contributed by atoms with van der Waals surface area (Å²) in [7, 11) is -3.96. The van der Waals surface area contributed by atoms with E-state index in [0.29, 0.717) is 0 Å². The first kappa shape index (κ1) is 17.7. The molecule has 0 aliphatic heterocycles. The Morgan fingerprint density at radius 3 is 2.33 bits per heavy atom. The van der Waals surface area contributed by atoms with Crippen LogP contribution in [-0.4, -0.2) is 27.1 Å². The second kappa shape index (κ2) is 8.14. The minimum Gasteiger partial charge on any atom is -0.464 e. The van der Waals surface area contributed by atoms with E-state index in [1.807, 2.05) is 13.8 Å². The van der Waals surface area contributed by atoms with E-state index in [4.69, 9.17) is 8.92 Å². The third-order valence-electron chi connectivity index (χ3n) is 2.93. The molecule has 21 heavy (non-hydrogen) atoms. The molecular weight excluding hydrogens is 292 g/mol. The first-order chi connectivity index (χ1) is 9.90. The van der Waals surface area contributed by atoms with Crippen molar-refractivity contribution in [3.8, 4) is 0 Å². The molecule has 1 aromatic carbocycles. The van der Waals surface area contributed by atoms with Crippen LogP contribution in [0.15, 0.2) is 29.2 Å². The van der Waals surface area contributed by atoms with E-state index < -0.39 is 22.2 Å². The van der Waals surface area contributed by atoms with Crippen LogP contribution in [-0.2, 0) is 23.8 Å². The summed E-state index contributed by atoms with van der Waals surface area (Å²) in [6.45, 7) is 5.79. The van der Waals surface area contributed by atoms with Crippen LogP contribution in [0.2, 0.25) is 0 Å². The Morgan fingerprint density at radius 2 is 1.81 bits per heavy atom. The summed E-state index contributed by atoms with van der Waals surface area (Å²) in [6.07, 6.45) is 0.767. The van der Waals surface area contributed by atoms with Crippen molar-refractivity contribution in [1.29, 1.82) is 0 Å². The van der Waals surface area contributed by atoms with Gasteiger partial charge in [-0.3, -0.25) is 4.18 Å². The number of unbranched alkanes of at least 4 members (excludes halogenated alkanes) is 1. The first-order valence-electron chi connectivity index (χ1n) is 7.07. The summed E-state index contributed by atoms with van der Waals surface area (Å²) in [5, 5.41) is 0. The van der Waals surface area contributed by atoms with Gasteiger partial charge < -0.3 is 4.74 Å². The Kier molecular flexibility index (Phi) is 6.84. The van der Waals surface area contributed by atoms with Gasteiger partial charge in [-0.1, -0.05) is 38.0 Å². The fraction of sp³-hybridized carbons (Fsp3) is 0.533. The summed E-state index contributed by atoms with van der Waals surface area (Å²) in [5.74, 6) is -0.637. The van der Waals surface area contributed by atoms with Crippen LogP contribution >= 0.6 is 0 Å². The highest BCUT2D eigenvalue weighted by molar-refractivity contribution is 7.86. The Bertz CT molecular complexity index is 548. The zero-order chi connectivity index (χ0) is 15.9. The van der Waals surface area contributed by atoms with Crippen molar-refractivity contribution in [2.75, 3.05) is 6.61 Å². The number of benzene rings is 1. The van der Waals surface area contributed by atoms with Gasteiger partial charge in [0.25, 0.3) is 10.1 Å². The summed E-state index contributed by atoms with van der Waals surface area (Å²) in [4.78, 5) is 11.8. The number of rotatable bonds is 8. The molecule has 118 valence electrons. The van der Waals surface area contributed by atoms with Gasteiger partial charge in [0, 0.05) is 0 Å². The lowest BCUT2D eigenvalue weighted by Gasteiger charge is -2.15. The molecular formula is C15H22O5S. The predicted octanol–water partition coefficient (Wildman–Crippen LogP) is 2.82. The number of carbonyl (C=O) groups is 1. The molecule has 0 saturated carbocycles. The number of hydrogen-bond donors (Lipinski definition) is 0. The van der Waals surface area contributed by atoms with E-state index in [9.17, 15) is 13.2 Å². The highest BCUT2D eigenvalue weighted by Gasteiger charge is 2.27. The Morgan fingerprint density at radius 1 is 1.19 bits per heavy atom. The van der Waals surface area contributed by atoms with E-state index in [1.54, 1.807) is 19.1 Å². The van der Waals surface area contributed by atoms with Gasteiger partial charge in [-0.15, -0.1) is 0 Å². The topological polar surface area (TPSA) is 69.7 Å². The van der Waals surface area contributed by atoms with E-state index in [0.717, 1.165) is 18.4 Å². The lowest BCUT2D eigenvalue weighted by Crippen LogP contribution is -2.29. The van der Waals surface area contributed by atoms with E-state index in [2.05, 4.69) is 0 Å². The molecule has 0 radical (unpaired) electrons. The molecule has 0 heterocycles. The normalized spacial score (nSPS) is 12.9. The number of hydrogen-bond acceptors (Lipinski definition) is 5. The molecule has 0 aliphatic carbocycles. The molecule has 0 fully saturated rings. The van der Waals surface area contributed by atoms with Crippen molar-refractivity contribution in [2.24, 2.45) is 0 Å². The maximum Gasteiger partial charge on any atom is 0.336 e. The second-order valence-electron chi connectivity index (χ2n) is 4.78. The molecule has 0 bridgehead atoms. The molecule has 0 N–H and O–H groups in total. The average Bonchev–Trinajstić information content (AvgIpc) is 2.45. The Labute approximate surface area is 126 Å². The fourth-order valence-electron chi connectivity index (χ4n) is 1.60. The van der Waals surface area contributed by atoms with Gasteiger partial charge in [0.15, 0.2) is 6.10 Å². The number of carbonyl (C=O) groups excluding carboxylic acids is 1.